The fraction of sp³-hybridized carbons (Fsp3) is 0.176. The average Bonchev–Trinajstić information content (AvgIpc) is 2.53. The van der Waals surface area contributed by atoms with Crippen molar-refractivity contribution in [2.45, 2.75) is 18.7 Å². The van der Waals surface area contributed by atoms with Crippen LogP contribution in [0, 0.1) is 6.92 Å². The van der Waals surface area contributed by atoms with Crippen molar-refractivity contribution in [1.29, 1.82) is 0 Å². The third-order valence-corrected chi connectivity index (χ3v) is 4.59. The van der Waals surface area contributed by atoms with Gasteiger partial charge in [-0.3, -0.25) is 9.59 Å². The minimum Gasteiger partial charge on any atom is -0.326 e. The summed E-state index contributed by atoms with van der Waals surface area (Å²) >= 11 is 0. The van der Waals surface area contributed by atoms with Crippen LogP contribution < -0.4 is 15.4 Å². The average molecular weight is 361 g/mol. The first-order chi connectivity index (χ1) is 11.8. The largest absolute Gasteiger partial charge is 0.326 e. The number of nitrogens with one attached hydrogen (secondary N) is 3. The van der Waals surface area contributed by atoms with Crippen LogP contribution in [0.1, 0.15) is 12.5 Å². The van der Waals surface area contributed by atoms with Crippen LogP contribution in [0.15, 0.2) is 53.4 Å². The number of aryl methyl sites for hydroxylation is 1. The van der Waals surface area contributed by atoms with E-state index in [1.54, 1.807) is 43.3 Å². The topological polar surface area (TPSA) is 104 Å². The number of sulfonamides is 1. The number of benzene rings is 2. The minimum absolute atomic E-state index is 0.105. The normalized spacial score (nSPS) is 11.0. The van der Waals surface area contributed by atoms with Gasteiger partial charge in [0.25, 0.3) is 0 Å². The fourth-order valence-corrected chi connectivity index (χ4v) is 3.20. The molecule has 0 unspecified atom stereocenters. The number of anilines is 2. The summed E-state index contributed by atoms with van der Waals surface area (Å²) in [6, 6.07) is 13.0. The Hall–Kier alpha value is -2.71. The van der Waals surface area contributed by atoms with Crippen molar-refractivity contribution in [2.75, 3.05) is 17.2 Å². The smallest absolute Gasteiger partial charge is 0.241 e. The first-order valence-corrected chi connectivity index (χ1v) is 8.98. The van der Waals surface area contributed by atoms with Crippen molar-refractivity contribution in [1.82, 2.24) is 4.72 Å². The van der Waals surface area contributed by atoms with E-state index in [4.69, 9.17) is 0 Å². The molecule has 7 nitrogen and oxygen atoms in total. The predicted molar refractivity (Wildman–Crippen MR) is 95.7 cm³/mol. The van der Waals surface area contributed by atoms with Crippen LogP contribution in [0.5, 0.6) is 0 Å². The Morgan fingerprint density at radius 1 is 0.960 bits per heavy atom. The van der Waals surface area contributed by atoms with Gasteiger partial charge in [0.05, 0.1) is 11.4 Å². The van der Waals surface area contributed by atoms with Gasteiger partial charge in [0.1, 0.15) is 0 Å². The number of carbonyl (C=O) groups is 2. The van der Waals surface area contributed by atoms with Crippen molar-refractivity contribution in [3.63, 3.8) is 0 Å². The Bertz CT molecular complexity index is 894. The lowest BCUT2D eigenvalue weighted by Crippen LogP contribution is -2.32. The number of amides is 2. The summed E-state index contributed by atoms with van der Waals surface area (Å²) in [5.74, 6) is -0.745. The van der Waals surface area contributed by atoms with Gasteiger partial charge in [-0.05, 0) is 42.8 Å². The van der Waals surface area contributed by atoms with Crippen LogP contribution in [0.4, 0.5) is 11.4 Å². The maximum Gasteiger partial charge on any atom is 0.241 e. The van der Waals surface area contributed by atoms with E-state index in [0.717, 1.165) is 5.56 Å². The monoisotopic (exact) mass is 361 g/mol. The van der Waals surface area contributed by atoms with Crippen LogP contribution >= 0.6 is 0 Å². The van der Waals surface area contributed by atoms with Gasteiger partial charge in [0.15, 0.2) is 0 Å². The molecule has 2 aromatic rings. The standard InChI is InChI=1S/C17H19N3O4S/c1-12-5-3-8-16(9-12)25(23,24)18-11-17(22)20-15-7-4-6-14(10-15)19-13(2)21/h3-10,18H,11H2,1-2H3,(H,19,21)(H,20,22). The molecule has 0 spiro atoms. The lowest BCUT2D eigenvalue weighted by molar-refractivity contribution is -0.115. The van der Waals surface area contributed by atoms with Gasteiger partial charge in [0.2, 0.25) is 21.8 Å². The van der Waals surface area contributed by atoms with E-state index in [2.05, 4.69) is 15.4 Å². The Labute approximate surface area is 146 Å². The van der Waals surface area contributed by atoms with Crippen LogP contribution in [0.2, 0.25) is 0 Å². The Kier molecular flexibility index (Phi) is 5.89. The molecular weight excluding hydrogens is 342 g/mol. The summed E-state index contributed by atoms with van der Waals surface area (Å²) in [5, 5.41) is 5.17. The van der Waals surface area contributed by atoms with Crippen molar-refractivity contribution in [2.24, 2.45) is 0 Å². The van der Waals surface area contributed by atoms with Crippen molar-refractivity contribution >= 4 is 33.2 Å². The molecule has 2 amide bonds. The number of rotatable bonds is 6. The third kappa shape index (κ3) is 5.70. The van der Waals surface area contributed by atoms with Gasteiger partial charge in [-0.15, -0.1) is 0 Å². The van der Waals surface area contributed by atoms with Gasteiger partial charge >= 0.3 is 0 Å². The summed E-state index contributed by atoms with van der Waals surface area (Å²) in [6.45, 7) is 2.76. The zero-order chi connectivity index (χ0) is 18.4. The minimum atomic E-state index is -3.76. The van der Waals surface area contributed by atoms with E-state index >= 15 is 0 Å². The molecule has 0 aromatic heterocycles. The number of carbonyl (C=O) groups excluding carboxylic acids is 2. The molecule has 3 N–H and O–H groups in total. The molecule has 0 saturated carbocycles. The fourth-order valence-electron chi connectivity index (χ4n) is 2.11. The van der Waals surface area contributed by atoms with Crippen molar-refractivity contribution in [3.8, 4) is 0 Å². The van der Waals surface area contributed by atoms with Gasteiger partial charge in [0, 0.05) is 18.3 Å². The van der Waals surface area contributed by atoms with Crippen LogP contribution in [-0.4, -0.2) is 26.8 Å². The Balaban J connectivity index is 1.98. The zero-order valence-corrected chi connectivity index (χ0v) is 14.7. The van der Waals surface area contributed by atoms with E-state index in [-0.39, 0.29) is 10.8 Å². The van der Waals surface area contributed by atoms with Gasteiger partial charge in [-0.25, -0.2) is 13.1 Å². The second-order valence-electron chi connectivity index (χ2n) is 5.45. The molecule has 0 aliphatic heterocycles. The van der Waals surface area contributed by atoms with Gasteiger partial charge < -0.3 is 10.6 Å². The summed E-state index contributed by atoms with van der Waals surface area (Å²) < 4.78 is 26.6. The van der Waals surface area contributed by atoms with Crippen LogP contribution in [0.25, 0.3) is 0 Å². The third-order valence-electron chi connectivity index (χ3n) is 3.19. The lowest BCUT2D eigenvalue weighted by atomic mass is 10.2. The summed E-state index contributed by atoms with van der Waals surface area (Å²) in [5.41, 5.74) is 1.79. The molecule has 8 heteroatoms. The maximum absolute atomic E-state index is 12.2. The first kappa shape index (κ1) is 18.6. The van der Waals surface area contributed by atoms with Gasteiger partial charge in [-0.2, -0.15) is 0 Å². The van der Waals surface area contributed by atoms with E-state index < -0.39 is 22.5 Å². The highest BCUT2D eigenvalue weighted by Crippen LogP contribution is 2.15. The number of hydrogen-bond donors (Lipinski definition) is 3. The maximum atomic E-state index is 12.2. The summed E-state index contributed by atoms with van der Waals surface area (Å²) in [6.07, 6.45) is 0. The van der Waals surface area contributed by atoms with Crippen molar-refractivity contribution < 1.29 is 18.0 Å². The molecule has 0 radical (unpaired) electrons. The molecule has 0 aliphatic carbocycles. The highest BCUT2D eigenvalue weighted by molar-refractivity contribution is 7.89. The van der Waals surface area contributed by atoms with Crippen molar-refractivity contribution in [3.05, 3.63) is 54.1 Å². The molecular formula is C17H19N3O4S. The highest BCUT2D eigenvalue weighted by Gasteiger charge is 2.15. The lowest BCUT2D eigenvalue weighted by Gasteiger charge is -2.09. The molecule has 0 bridgehead atoms. The second-order valence-corrected chi connectivity index (χ2v) is 7.22. The van der Waals surface area contributed by atoms with Crippen LogP contribution in [-0.2, 0) is 19.6 Å². The molecule has 2 rings (SSSR count). The van der Waals surface area contributed by atoms with E-state index in [1.807, 2.05) is 0 Å². The van der Waals surface area contributed by atoms with E-state index in [0.29, 0.717) is 11.4 Å². The zero-order valence-electron chi connectivity index (χ0n) is 13.9. The molecule has 0 saturated heterocycles. The molecule has 0 heterocycles. The second kappa shape index (κ2) is 7.91. The van der Waals surface area contributed by atoms with E-state index in [1.165, 1.54) is 19.1 Å². The molecule has 2 aromatic carbocycles. The Morgan fingerprint density at radius 3 is 2.24 bits per heavy atom. The van der Waals surface area contributed by atoms with Gasteiger partial charge in [-0.1, -0.05) is 18.2 Å². The Morgan fingerprint density at radius 2 is 1.60 bits per heavy atom. The molecule has 0 fully saturated rings. The molecule has 0 atom stereocenters. The summed E-state index contributed by atoms with van der Waals surface area (Å²) in [7, 11) is -3.76. The SMILES string of the molecule is CC(=O)Nc1cccc(NC(=O)CNS(=O)(=O)c2cccc(C)c2)c1. The van der Waals surface area contributed by atoms with Crippen LogP contribution in [0.3, 0.4) is 0 Å². The predicted octanol–water partition coefficient (Wildman–Crippen LogP) is 1.87. The summed E-state index contributed by atoms with van der Waals surface area (Å²) in [4.78, 5) is 23.1. The quantitative estimate of drug-likeness (QED) is 0.730. The van der Waals surface area contributed by atoms with E-state index in [9.17, 15) is 18.0 Å². The molecule has 0 aliphatic rings. The highest BCUT2D eigenvalue weighted by atomic mass is 32.2. The molecule has 25 heavy (non-hydrogen) atoms. The number of hydrogen-bond acceptors (Lipinski definition) is 4. The molecule has 132 valence electrons. The first-order valence-electron chi connectivity index (χ1n) is 7.50.